The maximum atomic E-state index is 11.0. The van der Waals surface area contributed by atoms with Crippen molar-refractivity contribution in [2.45, 2.75) is 59.3 Å². The molecule has 0 heterocycles. The molecule has 1 radical (unpaired) electrons. The second-order valence-electron chi connectivity index (χ2n) is 3.73. The van der Waals surface area contributed by atoms with Gasteiger partial charge in [-0.15, -0.1) is 0 Å². The molecule has 13 heavy (non-hydrogen) atoms. The minimum Gasteiger partial charge on any atom is -0.247 e. The van der Waals surface area contributed by atoms with E-state index in [2.05, 4.69) is 6.92 Å². The van der Waals surface area contributed by atoms with Gasteiger partial charge in [0.15, 0.2) is 0 Å². The van der Waals surface area contributed by atoms with Gasteiger partial charge in [-0.1, -0.05) is 40.0 Å². The summed E-state index contributed by atoms with van der Waals surface area (Å²) < 4.78 is 0. The molecule has 77 valence electrons. The maximum Gasteiger partial charge on any atom is 0.361 e. The Hall–Kier alpha value is -0.530. The number of rotatable bonds is 7. The van der Waals surface area contributed by atoms with Crippen molar-refractivity contribution >= 4 is 5.97 Å². The summed E-state index contributed by atoms with van der Waals surface area (Å²) in [6.07, 6.45) is 5.42. The number of unbranched alkanes of at least 4 members (excludes halogenated alkanes) is 2. The van der Waals surface area contributed by atoms with Gasteiger partial charge in [-0.3, -0.25) is 0 Å². The lowest BCUT2D eigenvalue weighted by molar-refractivity contribution is -0.156. The van der Waals surface area contributed by atoms with Gasteiger partial charge in [-0.25, -0.2) is 9.90 Å². The predicted octanol–water partition coefficient (Wildman–Crippen LogP) is 3.33. The van der Waals surface area contributed by atoms with Crippen LogP contribution >= 0.6 is 0 Å². The fourth-order valence-corrected chi connectivity index (χ4v) is 1.71. The van der Waals surface area contributed by atoms with Gasteiger partial charge in [0, 0.05) is 0 Å². The number of carbonyl (C=O) groups is 1. The first-order valence-corrected chi connectivity index (χ1v) is 5.34. The fourth-order valence-electron chi connectivity index (χ4n) is 1.71. The van der Waals surface area contributed by atoms with Crippen LogP contribution in [-0.2, 0) is 9.90 Å². The summed E-state index contributed by atoms with van der Waals surface area (Å²) in [5, 5.41) is 11.0. The lowest BCUT2D eigenvalue weighted by Gasteiger charge is -2.24. The smallest absolute Gasteiger partial charge is 0.247 e. The Balaban J connectivity index is 4.14. The van der Waals surface area contributed by atoms with Crippen molar-refractivity contribution in [2.24, 2.45) is 5.41 Å². The van der Waals surface area contributed by atoms with E-state index >= 15 is 0 Å². The third-order valence-electron chi connectivity index (χ3n) is 3.05. The Morgan fingerprint density at radius 1 is 1.08 bits per heavy atom. The molecule has 2 nitrogen and oxygen atoms in total. The summed E-state index contributed by atoms with van der Waals surface area (Å²) in [6.45, 7) is 6.00. The summed E-state index contributed by atoms with van der Waals surface area (Å²) in [7, 11) is 0. The molecule has 0 saturated carbocycles. The molecular weight excluding hydrogens is 164 g/mol. The molecule has 0 fully saturated rings. The Bertz CT molecular complexity index is 148. The standard InChI is InChI=1S/C11H21O2/c1-4-7-8-9-11(5-2,6-3)10(12)13/h4-9H2,1-3H3. The van der Waals surface area contributed by atoms with E-state index < -0.39 is 11.4 Å². The first kappa shape index (κ1) is 12.5. The van der Waals surface area contributed by atoms with E-state index in [4.69, 9.17) is 0 Å². The molecule has 0 amide bonds. The van der Waals surface area contributed by atoms with Gasteiger partial charge < -0.3 is 0 Å². The molecule has 0 bridgehead atoms. The highest BCUT2D eigenvalue weighted by Crippen LogP contribution is 2.33. The van der Waals surface area contributed by atoms with Crippen molar-refractivity contribution in [3.63, 3.8) is 0 Å². The van der Waals surface area contributed by atoms with Crippen molar-refractivity contribution in [2.75, 3.05) is 0 Å². The minimum atomic E-state index is -0.867. The Labute approximate surface area is 81.3 Å². The minimum absolute atomic E-state index is 0.560. The van der Waals surface area contributed by atoms with E-state index in [0.29, 0.717) is 12.8 Å². The van der Waals surface area contributed by atoms with Gasteiger partial charge in [-0.2, -0.15) is 0 Å². The third kappa shape index (κ3) is 3.37. The largest absolute Gasteiger partial charge is 0.361 e. The zero-order valence-electron chi connectivity index (χ0n) is 9.06. The van der Waals surface area contributed by atoms with E-state index in [9.17, 15) is 9.90 Å². The Morgan fingerprint density at radius 3 is 1.92 bits per heavy atom. The average molecular weight is 185 g/mol. The molecule has 0 aliphatic heterocycles. The predicted molar refractivity (Wildman–Crippen MR) is 52.9 cm³/mol. The van der Waals surface area contributed by atoms with Crippen molar-refractivity contribution in [1.82, 2.24) is 0 Å². The quantitative estimate of drug-likeness (QED) is 0.560. The van der Waals surface area contributed by atoms with Crippen LogP contribution in [0, 0.1) is 5.41 Å². The molecule has 0 rings (SSSR count). The summed E-state index contributed by atoms with van der Waals surface area (Å²) >= 11 is 0. The normalized spacial score (nSPS) is 11.6. The molecule has 0 aliphatic rings. The van der Waals surface area contributed by atoms with Crippen molar-refractivity contribution in [3.05, 3.63) is 0 Å². The van der Waals surface area contributed by atoms with Gasteiger partial charge >= 0.3 is 5.97 Å². The van der Waals surface area contributed by atoms with Crippen molar-refractivity contribution in [3.8, 4) is 0 Å². The van der Waals surface area contributed by atoms with E-state index in [1.54, 1.807) is 0 Å². The van der Waals surface area contributed by atoms with Crippen LogP contribution in [0.3, 0.4) is 0 Å². The number of hydrogen-bond donors (Lipinski definition) is 0. The molecule has 0 aromatic carbocycles. The molecule has 0 atom stereocenters. The van der Waals surface area contributed by atoms with E-state index in [0.717, 1.165) is 25.7 Å². The highest BCUT2D eigenvalue weighted by atomic mass is 16.4. The molecule has 2 heteroatoms. The molecule has 0 N–H and O–H groups in total. The van der Waals surface area contributed by atoms with Crippen LogP contribution in [0.25, 0.3) is 0 Å². The number of carbonyl (C=O) groups excluding carboxylic acids is 1. The maximum absolute atomic E-state index is 11.0. The van der Waals surface area contributed by atoms with Gasteiger partial charge in [0.1, 0.15) is 0 Å². The molecule has 0 aromatic heterocycles. The molecule has 0 aromatic rings. The van der Waals surface area contributed by atoms with Crippen molar-refractivity contribution < 1.29 is 9.90 Å². The van der Waals surface area contributed by atoms with Gasteiger partial charge in [-0.05, 0) is 19.3 Å². The van der Waals surface area contributed by atoms with Gasteiger partial charge in [0.05, 0.1) is 5.41 Å². The second-order valence-corrected chi connectivity index (χ2v) is 3.73. The van der Waals surface area contributed by atoms with Gasteiger partial charge in [0.2, 0.25) is 0 Å². The second kappa shape index (κ2) is 6.01. The molecular formula is C11H21O2. The highest BCUT2D eigenvalue weighted by molar-refractivity contribution is 5.74. The van der Waals surface area contributed by atoms with E-state index in [-0.39, 0.29) is 0 Å². The van der Waals surface area contributed by atoms with E-state index in [1.807, 2.05) is 13.8 Å². The Kier molecular flexibility index (Phi) is 5.76. The van der Waals surface area contributed by atoms with Crippen LogP contribution in [0.4, 0.5) is 0 Å². The first-order chi connectivity index (χ1) is 6.13. The number of hydrogen-bond acceptors (Lipinski definition) is 1. The fraction of sp³-hybridized carbons (Fsp3) is 0.909. The third-order valence-corrected chi connectivity index (χ3v) is 3.05. The average Bonchev–Trinajstić information content (AvgIpc) is 2.13. The van der Waals surface area contributed by atoms with Crippen LogP contribution in [0.5, 0.6) is 0 Å². The molecule has 0 unspecified atom stereocenters. The lowest BCUT2D eigenvalue weighted by Crippen LogP contribution is -2.28. The Morgan fingerprint density at radius 2 is 1.62 bits per heavy atom. The van der Waals surface area contributed by atoms with Crippen LogP contribution in [0.15, 0.2) is 0 Å². The summed E-state index contributed by atoms with van der Waals surface area (Å²) in [6, 6.07) is 0. The van der Waals surface area contributed by atoms with Crippen LogP contribution < -0.4 is 0 Å². The molecule has 0 saturated heterocycles. The zero-order chi connectivity index (χ0) is 10.3. The SMILES string of the molecule is CCCCCC(CC)(CC)C([O])=O. The summed E-state index contributed by atoms with van der Waals surface area (Å²) in [5.41, 5.74) is -0.560. The highest BCUT2D eigenvalue weighted by Gasteiger charge is 2.35. The topological polar surface area (TPSA) is 37.0 Å². The first-order valence-electron chi connectivity index (χ1n) is 5.34. The zero-order valence-corrected chi connectivity index (χ0v) is 9.06. The molecule has 0 spiro atoms. The lowest BCUT2D eigenvalue weighted by atomic mass is 9.78. The van der Waals surface area contributed by atoms with Crippen LogP contribution in [-0.4, -0.2) is 5.97 Å². The van der Waals surface area contributed by atoms with Crippen LogP contribution in [0.1, 0.15) is 59.3 Å². The van der Waals surface area contributed by atoms with Crippen molar-refractivity contribution in [1.29, 1.82) is 0 Å². The van der Waals surface area contributed by atoms with E-state index in [1.165, 1.54) is 0 Å². The van der Waals surface area contributed by atoms with Gasteiger partial charge in [0.25, 0.3) is 0 Å². The molecule has 0 aliphatic carbocycles. The monoisotopic (exact) mass is 185 g/mol. The summed E-state index contributed by atoms with van der Waals surface area (Å²) in [5.74, 6) is -0.867. The summed E-state index contributed by atoms with van der Waals surface area (Å²) in [4.78, 5) is 11.0. The van der Waals surface area contributed by atoms with Crippen LogP contribution in [0.2, 0.25) is 0 Å².